The Morgan fingerprint density at radius 2 is 1.67 bits per heavy atom. The van der Waals surface area contributed by atoms with Gasteiger partial charge in [-0.15, -0.1) is 0 Å². The van der Waals surface area contributed by atoms with Gasteiger partial charge in [-0.3, -0.25) is 9.59 Å². The molecule has 5 nitrogen and oxygen atoms in total. The number of hydrogen-bond donors (Lipinski definition) is 2. The Morgan fingerprint density at radius 1 is 1.00 bits per heavy atom. The van der Waals surface area contributed by atoms with Gasteiger partial charge in [0.2, 0.25) is 5.91 Å². The molecule has 1 saturated heterocycles. The Bertz CT molecular complexity index is 751. The number of nitrogens with one attached hydrogen (secondary N) is 2. The lowest BCUT2D eigenvalue weighted by atomic mass is 9.98. The second kappa shape index (κ2) is 9.21. The molecule has 0 bridgehead atoms. The highest BCUT2D eigenvalue weighted by molar-refractivity contribution is 5.94. The van der Waals surface area contributed by atoms with Crippen molar-refractivity contribution in [1.82, 2.24) is 10.2 Å². The molecular weight excluding hydrogens is 338 g/mol. The molecule has 0 unspecified atom stereocenters. The summed E-state index contributed by atoms with van der Waals surface area (Å²) >= 11 is 0. The van der Waals surface area contributed by atoms with Crippen molar-refractivity contribution in [2.75, 3.05) is 25.0 Å². The Hall–Kier alpha value is -2.82. The van der Waals surface area contributed by atoms with Gasteiger partial charge in [0.25, 0.3) is 5.91 Å². The third-order valence-corrected chi connectivity index (χ3v) is 4.99. The standard InChI is InChI=1S/C22H27N3O2/c1-17-11-13-25(14-12-17)22(27)19-7-9-20(10-8-19)23-16-21(26)24-15-18-5-3-2-4-6-18/h2-10,17,23H,11-16H2,1H3,(H,24,26). The van der Waals surface area contributed by atoms with Crippen LogP contribution in [0.3, 0.4) is 0 Å². The molecular formula is C22H27N3O2. The van der Waals surface area contributed by atoms with Crippen LogP contribution in [0.2, 0.25) is 0 Å². The number of carbonyl (C=O) groups is 2. The van der Waals surface area contributed by atoms with Crippen LogP contribution in [0.1, 0.15) is 35.7 Å². The Morgan fingerprint density at radius 3 is 2.33 bits per heavy atom. The first-order valence-electron chi connectivity index (χ1n) is 9.55. The third kappa shape index (κ3) is 5.58. The first kappa shape index (κ1) is 19.0. The number of hydrogen-bond acceptors (Lipinski definition) is 3. The number of likely N-dealkylation sites (tertiary alicyclic amines) is 1. The molecule has 1 heterocycles. The quantitative estimate of drug-likeness (QED) is 0.826. The second-order valence-electron chi connectivity index (χ2n) is 7.17. The Kier molecular flexibility index (Phi) is 6.47. The maximum atomic E-state index is 12.5. The van der Waals surface area contributed by atoms with E-state index in [9.17, 15) is 9.59 Å². The van der Waals surface area contributed by atoms with Crippen LogP contribution < -0.4 is 10.6 Å². The van der Waals surface area contributed by atoms with Gasteiger partial charge in [0.05, 0.1) is 6.54 Å². The summed E-state index contributed by atoms with van der Waals surface area (Å²) in [6.07, 6.45) is 2.15. The zero-order valence-corrected chi connectivity index (χ0v) is 15.8. The fraction of sp³-hybridized carbons (Fsp3) is 0.364. The summed E-state index contributed by atoms with van der Waals surface area (Å²) in [7, 11) is 0. The van der Waals surface area contributed by atoms with Crippen molar-refractivity contribution in [2.45, 2.75) is 26.3 Å². The lowest BCUT2D eigenvalue weighted by molar-refractivity contribution is -0.119. The molecule has 2 aromatic rings. The molecule has 3 rings (SSSR count). The first-order valence-corrected chi connectivity index (χ1v) is 9.55. The predicted molar refractivity (Wildman–Crippen MR) is 108 cm³/mol. The largest absolute Gasteiger partial charge is 0.376 e. The van der Waals surface area contributed by atoms with Gasteiger partial charge >= 0.3 is 0 Å². The van der Waals surface area contributed by atoms with E-state index in [1.165, 1.54) is 0 Å². The molecule has 0 radical (unpaired) electrons. The topological polar surface area (TPSA) is 61.4 Å². The molecule has 0 atom stereocenters. The fourth-order valence-electron chi connectivity index (χ4n) is 3.17. The minimum absolute atomic E-state index is 0.0681. The van der Waals surface area contributed by atoms with Gasteiger partial charge in [0, 0.05) is 30.9 Å². The van der Waals surface area contributed by atoms with E-state index in [1.807, 2.05) is 59.5 Å². The number of piperidine rings is 1. The minimum atomic E-state index is -0.0681. The van der Waals surface area contributed by atoms with Gasteiger partial charge in [0.15, 0.2) is 0 Å². The molecule has 2 N–H and O–H groups in total. The van der Waals surface area contributed by atoms with Crippen LogP contribution in [0.15, 0.2) is 54.6 Å². The Balaban J connectivity index is 1.44. The normalized spacial score (nSPS) is 14.6. The number of anilines is 1. The molecule has 1 aliphatic heterocycles. The van der Waals surface area contributed by atoms with Gasteiger partial charge in [-0.1, -0.05) is 37.3 Å². The lowest BCUT2D eigenvalue weighted by Crippen LogP contribution is -2.37. The minimum Gasteiger partial charge on any atom is -0.376 e. The summed E-state index contributed by atoms with van der Waals surface area (Å²) < 4.78 is 0. The maximum Gasteiger partial charge on any atom is 0.253 e. The highest BCUT2D eigenvalue weighted by Crippen LogP contribution is 2.19. The molecule has 1 aliphatic rings. The average Bonchev–Trinajstić information content (AvgIpc) is 2.72. The summed E-state index contributed by atoms with van der Waals surface area (Å²) in [5.41, 5.74) is 2.60. The van der Waals surface area contributed by atoms with Crippen LogP contribution in [0, 0.1) is 5.92 Å². The van der Waals surface area contributed by atoms with E-state index in [4.69, 9.17) is 0 Å². The van der Waals surface area contributed by atoms with E-state index in [0.29, 0.717) is 18.0 Å². The van der Waals surface area contributed by atoms with E-state index in [-0.39, 0.29) is 18.4 Å². The van der Waals surface area contributed by atoms with E-state index in [2.05, 4.69) is 17.6 Å². The summed E-state index contributed by atoms with van der Waals surface area (Å²) in [4.78, 5) is 26.4. The molecule has 2 aromatic carbocycles. The van der Waals surface area contributed by atoms with Crippen LogP contribution in [0.5, 0.6) is 0 Å². The molecule has 142 valence electrons. The van der Waals surface area contributed by atoms with Gasteiger partial charge in [-0.2, -0.15) is 0 Å². The number of rotatable bonds is 6. The van der Waals surface area contributed by atoms with Crippen molar-refractivity contribution in [3.05, 3.63) is 65.7 Å². The number of amides is 2. The summed E-state index contributed by atoms with van der Waals surface area (Å²) in [5.74, 6) is 0.726. The van der Waals surface area contributed by atoms with Crippen LogP contribution in [0.25, 0.3) is 0 Å². The van der Waals surface area contributed by atoms with Crippen LogP contribution in [-0.2, 0) is 11.3 Å². The average molecular weight is 365 g/mol. The summed E-state index contributed by atoms with van der Waals surface area (Å²) in [6.45, 7) is 4.62. The van der Waals surface area contributed by atoms with Crippen molar-refractivity contribution in [2.24, 2.45) is 5.92 Å². The Labute approximate surface area is 160 Å². The van der Waals surface area contributed by atoms with Gasteiger partial charge in [-0.05, 0) is 48.6 Å². The van der Waals surface area contributed by atoms with Gasteiger partial charge in [0.1, 0.15) is 0 Å². The van der Waals surface area contributed by atoms with Crippen molar-refractivity contribution in [3.8, 4) is 0 Å². The molecule has 1 fully saturated rings. The van der Waals surface area contributed by atoms with Crippen molar-refractivity contribution in [1.29, 1.82) is 0 Å². The zero-order chi connectivity index (χ0) is 19.1. The zero-order valence-electron chi connectivity index (χ0n) is 15.8. The molecule has 0 aliphatic carbocycles. The SMILES string of the molecule is CC1CCN(C(=O)c2ccc(NCC(=O)NCc3ccccc3)cc2)CC1. The van der Waals surface area contributed by atoms with Crippen molar-refractivity contribution >= 4 is 17.5 Å². The van der Waals surface area contributed by atoms with Crippen molar-refractivity contribution < 1.29 is 9.59 Å². The fourth-order valence-corrected chi connectivity index (χ4v) is 3.17. The highest BCUT2D eigenvalue weighted by atomic mass is 16.2. The summed E-state index contributed by atoms with van der Waals surface area (Å²) in [5, 5.41) is 5.98. The third-order valence-electron chi connectivity index (χ3n) is 4.99. The lowest BCUT2D eigenvalue weighted by Gasteiger charge is -2.30. The van der Waals surface area contributed by atoms with Gasteiger partial charge in [-0.25, -0.2) is 0 Å². The molecule has 0 saturated carbocycles. The monoisotopic (exact) mass is 365 g/mol. The number of carbonyl (C=O) groups excluding carboxylic acids is 2. The van der Waals surface area contributed by atoms with E-state index in [0.717, 1.165) is 37.2 Å². The molecule has 5 heteroatoms. The smallest absolute Gasteiger partial charge is 0.253 e. The highest BCUT2D eigenvalue weighted by Gasteiger charge is 2.21. The van der Waals surface area contributed by atoms with Crippen LogP contribution in [0.4, 0.5) is 5.69 Å². The van der Waals surface area contributed by atoms with Crippen LogP contribution >= 0.6 is 0 Å². The number of nitrogens with zero attached hydrogens (tertiary/aromatic N) is 1. The predicted octanol–water partition coefficient (Wildman–Crippen LogP) is 3.29. The van der Waals surface area contributed by atoms with E-state index < -0.39 is 0 Å². The molecule has 0 spiro atoms. The molecule has 2 amide bonds. The van der Waals surface area contributed by atoms with Gasteiger partial charge < -0.3 is 15.5 Å². The summed E-state index contributed by atoms with van der Waals surface area (Å²) in [6, 6.07) is 17.2. The molecule has 0 aromatic heterocycles. The number of benzene rings is 2. The maximum absolute atomic E-state index is 12.5. The first-order chi connectivity index (χ1) is 13.1. The van der Waals surface area contributed by atoms with Crippen LogP contribution in [-0.4, -0.2) is 36.3 Å². The van der Waals surface area contributed by atoms with Crippen molar-refractivity contribution in [3.63, 3.8) is 0 Å². The molecule has 27 heavy (non-hydrogen) atoms. The van der Waals surface area contributed by atoms with E-state index >= 15 is 0 Å². The second-order valence-corrected chi connectivity index (χ2v) is 7.17. The van der Waals surface area contributed by atoms with E-state index in [1.54, 1.807) is 0 Å².